The summed E-state index contributed by atoms with van der Waals surface area (Å²) in [4.78, 5) is 25.6. The van der Waals surface area contributed by atoms with Crippen LogP contribution in [0.25, 0.3) is 5.53 Å². The Kier molecular flexibility index (Phi) is 3.31. The molecule has 78 valence electrons. The van der Waals surface area contributed by atoms with Gasteiger partial charge in [-0.3, -0.25) is 9.59 Å². The van der Waals surface area contributed by atoms with Crippen LogP contribution in [0.3, 0.4) is 0 Å². The van der Waals surface area contributed by atoms with Crippen molar-refractivity contribution in [1.29, 1.82) is 0 Å². The lowest BCUT2D eigenvalue weighted by Crippen LogP contribution is -2.30. The molecular formula is C10H10N2O3. The average molecular weight is 206 g/mol. The van der Waals surface area contributed by atoms with Gasteiger partial charge in [-0.2, -0.15) is 4.79 Å². The van der Waals surface area contributed by atoms with Gasteiger partial charge in [-0.1, -0.05) is 12.2 Å². The van der Waals surface area contributed by atoms with E-state index in [-0.39, 0.29) is 17.1 Å². The fourth-order valence-corrected chi connectivity index (χ4v) is 1.38. The second-order valence-electron chi connectivity index (χ2n) is 3.02. The Hall–Kier alpha value is -2.00. The van der Waals surface area contributed by atoms with Crippen LogP contribution in [-0.2, 0) is 14.3 Å². The molecule has 0 heterocycles. The molecule has 1 aliphatic carbocycles. The number of ether oxygens (including phenoxy) is 1. The lowest BCUT2D eigenvalue weighted by atomic mass is 9.87. The zero-order chi connectivity index (χ0) is 11.4. The van der Waals surface area contributed by atoms with Crippen molar-refractivity contribution in [2.24, 2.45) is 5.92 Å². The lowest BCUT2D eigenvalue weighted by Gasteiger charge is -2.13. The smallest absolute Gasteiger partial charge is 0.325 e. The molecule has 15 heavy (non-hydrogen) atoms. The minimum absolute atomic E-state index is 0.106. The van der Waals surface area contributed by atoms with E-state index in [9.17, 15) is 9.59 Å². The summed E-state index contributed by atoms with van der Waals surface area (Å²) in [7, 11) is 1.22. The third-order valence-corrected chi connectivity index (χ3v) is 2.11. The van der Waals surface area contributed by atoms with Gasteiger partial charge in [0.25, 0.3) is 0 Å². The van der Waals surface area contributed by atoms with E-state index in [1.54, 1.807) is 6.08 Å². The Morgan fingerprint density at radius 3 is 2.67 bits per heavy atom. The number of carbonyl (C=O) groups is 2. The first-order valence-electron chi connectivity index (χ1n) is 4.30. The summed E-state index contributed by atoms with van der Waals surface area (Å²) < 4.78 is 4.54. The number of Topliss-reactive ketones (excluding diaryl/α,β-unsaturated/α-hetero) is 1. The second-order valence-corrected chi connectivity index (χ2v) is 3.02. The van der Waals surface area contributed by atoms with Crippen molar-refractivity contribution < 1.29 is 19.1 Å². The third kappa shape index (κ3) is 2.08. The topological polar surface area (TPSA) is 79.8 Å². The maximum Gasteiger partial charge on any atom is 0.325 e. The van der Waals surface area contributed by atoms with Crippen molar-refractivity contribution in [3.05, 3.63) is 29.3 Å². The first kappa shape index (κ1) is 11.1. The van der Waals surface area contributed by atoms with Crippen LogP contribution < -0.4 is 0 Å². The Morgan fingerprint density at radius 1 is 1.53 bits per heavy atom. The van der Waals surface area contributed by atoms with E-state index in [2.05, 4.69) is 9.53 Å². The average Bonchev–Trinajstić information content (AvgIpc) is 2.26. The number of methoxy groups -OCH3 is 1. The van der Waals surface area contributed by atoms with Crippen molar-refractivity contribution >= 4 is 17.5 Å². The Labute approximate surface area is 86.7 Å². The highest BCUT2D eigenvalue weighted by Gasteiger charge is 2.37. The van der Waals surface area contributed by atoms with Crippen LogP contribution >= 0.6 is 0 Å². The summed E-state index contributed by atoms with van der Waals surface area (Å²) in [5, 5.41) is 0. The molecule has 0 radical (unpaired) electrons. The minimum Gasteiger partial charge on any atom is -0.468 e. The van der Waals surface area contributed by atoms with E-state index in [0.29, 0.717) is 0 Å². The summed E-state index contributed by atoms with van der Waals surface area (Å²) in [6.45, 7) is 1.34. The fraction of sp³-hybridized carbons (Fsp3) is 0.300. The van der Waals surface area contributed by atoms with Gasteiger partial charge in [0, 0.05) is 11.6 Å². The molecule has 0 spiro atoms. The van der Waals surface area contributed by atoms with Crippen LogP contribution in [0.15, 0.2) is 23.8 Å². The molecule has 0 amide bonds. The normalized spacial score (nSPS) is 19.2. The number of esters is 1. The van der Waals surface area contributed by atoms with Crippen LogP contribution in [0, 0.1) is 5.92 Å². The highest BCUT2D eigenvalue weighted by molar-refractivity contribution is 6.15. The van der Waals surface area contributed by atoms with E-state index >= 15 is 0 Å². The summed E-state index contributed by atoms with van der Waals surface area (Å²) in [6, 6.07) is 0. The number of hydrogen-bond donors (Lipinski definition) is 0. The number of carbonyl (C=O) groups excluding carboxylic acids is 2. The molecular weight excluding hydrogens is 196 g/mol. The van der Waals surface area contributed by atoms with Crippen molar-refractivity contribution in [1.82, 2.24) is 0 Å². The molecule has 0 N–H and O–H groups in total. The first-order chi connectivity index (χ1) is 7.11. The quantitative estimate of drug-likeness (QED) is 0.375. The first-order valence-corrected chi connectivity index (χ1v) is 4.30. The summed E-state index contributed by atoms with van der Waals surface area (Å²) in [5.41, 5.74) is 9.06. The van der Waals surface area contributed by atoms with Gasteiger partial charge >= 0.3 is 11.7 Å². The molecule has 0 aromatic carbocycles. The van der Waals surface area contributed by atoms with E-state index in [4.69, 9.17) is 5.53 Å². The van der Waals surface area contributed by atoms with Crippen LogP contribution in [0.2, 0.25) is 0 Å². The van der Waals surface area contributed by atoms with E-state index in [0.717, 1.165) is 0 Å². The van der Waals surface area contributed by atoms with Crippen molar-refractivity contribution in [3.8, 4) is 0 Å². The van der Waals surface area contributed by atoms with Gasteiger partial charge in [0.1, 0.15) is 0 Å². The standard InChI is InChI=1S/C10H10N2O3/c1-6(13)7-4-3-5-8(12-11)9(7)10(14)15-2/h3-5,9H,1-2H3. The molecule has 5 nitrogen and oxygen atoms in total. The van der Waals surface area contributed by atoms with E-state index < -0.39 is 11.9 Å². The summed E-state index contributed by atoms with van der Waals surface area (Å²) >= 11 is 0. The predicted octanol–water partition coefficient (Wildman–Crippen LogP) is 0.532. The van der Waals surface area contributed by atoms with Crippen molar-refractivity contribution in [2.45, 2.75) is 6.92 Å². The summed E-state index contributed by atoms with van der Waals surface area (Å²) in [6.07, 6.45) is 4.51. The zero-order valence-electron chi connectivity index (χ0n) is 8.43. The zero-order valence-corrected chi connectivity index (χ0v) is 8.43. The van der Waals surface area contributed by atoms with E-state index in [1.807, 2.05) is 0 Å². The molecule has 0 aliphatic heterocycles. The lowest BCUT2D eigenvalue weighted by molar-refractivity contribution is -0.143. The SMILES string of the molecule is COC(=O)C1C(C(C)=O)=CC=CC1=[N+]=[N-]. The minimum atomic E-state index is -0.928. The number of rotatable bonds is 2. The molecule has 5 heteroatoms. The van der Waals surface area contributed by atoms with Gasteiger partial charge in [0.05, 0.1) is 7.11 Å². The fourth-order valence-electron chi connectivity index (χ4n) is 1.38. The second kappa shape index (κ2) is 4.48. The van der Waals surface area contributed by atoms with Gasteiger partial charge in [0.15, 0.2) is 11.7 Å². The number of hydrogen-bond acceptors (Lipinski definition) is 3. The monoisotopic (exact) mass is 206 g/mol. The van der Waals surface area contributed by atoms with Gasteiger partial charge in [0.2, 0.25) is 0 Å². The van der Waals surface area contributed by atoms with Crippen LogP contribution in [0.1, 0.15) is 6.92 Å². The molecule has 0 fully saturated rings. The van der Waals surface area contributed by atoms with Crippen LogP contribution in [-0.4, -0.2) is 29.4 Å². The molecule has 0 saturated heterocycles. The van der Waals surface area contributed by atoms with Crippen molar-refractivity contribution in [2.75, 3.05) is 7.11 Å². The highest BCUT2D eigenvalue weighted by atomic mass is 16.5. The molecule has 0 bridgehead atoms. The van der Waals surface area contributed by atoms with Gasteiger partial charge in [-0.05, 0) is 6.92 Å². The Morgan fingerprint density at radius 2 is 2.20 bits per heavy atom. The molecule has 0 aromatic rings. The summed E-state index contributed by atoms with van der Waals surface area (Å²) in [5.74, 6) is -1.80. The maximum atomic E-state index is 11.4. The molecule has 0 saturated carbocycles. The number of nitrogens with zero attached hydrogens (tertiary/aromatic N) is 2. The van der Waals surface area contributed by atoms with Crippen molar-refractivity contribution in [3.63, 3.8) is 0 Å². The number of allylic oxidation sites excluding steroid dienone is 3. The van der Waals surface area contributed by atoms with Crippen LogP contribution in [0.5, 0.6) is 0 Å². The Balaban J connectivity index is 3.20. The molecule has 0 aromatic heterocycles. The Bertz CT molecular complexity index is 414. The predicted molar refractivity (Wildman–Crippen MR) is 52.0 cm³/mol. The number of ketones is 1. The largest absolute Gasteiger partial charge is 0.468 e. The van der Waals surface area contributed by atoms with Gasteiger partial charge < -0.3 is 10.3 Å². The molecule has 1 rings (SSSR count). The third-order valence-electron chi connectivity index (χ3n) is 2.11. The molecule has 1 atom stereocenters. The molecule has 1 aliphatic rings. The molecule has 1 unspecified atom stereocenters. The van der Waals surface area contributed by atoms with Gasteiger partial charge in [-0.15, -0.1) is 0 Å². The van der Waals surface area contributed by atoms with E-state index in [1.165, 1.54) is 26.2 Å². The van der Waals surface area contributed by atoms with Crippen LogP contribution in [0.4, 0.5) is 0 Å². The highest BCUT2D eigenvalue weighted by Crippen LogP contribution is 2.19. The van der Waals surface area contributed by atoms with Gasteiger partial charge in [-0.25, -0.2) is 0 Å². The maximum absolute atomic E-state index is 11.4.